The molecule has 2 heterocycles. The number of aliphatic hydroxyl groups excluding tert-OH is 3. The average molecular weight is 575 g/mol. The van der Waals surface area contributed by atoms with Crippen LogP contribution in [0.25, 0.3) is 0 Å². The van der Waals surface area contributed by atoms with E-state index < -0.39 is 100 Å². The van der Waals surface area contributed by atoms with Gasteiger partial charge in [0.15, 0.2) is 6.29 Å². The summed E-state index contributed by atoms with van der Waals surface area (Å²) in [7, 11) is -9.38. The van der Waals surface area contributed by atoms with Crippen molar-refractivity contribution >= 4 is 61.9 Å². The molecule has 8 N–H and O–H groups in total. The summed E-state index contributed by atoms with van der Waals surface area (Å²) in [5, 5.41) is 37.3. The molecule has 205 valence electrons. The van der Waals surface area contributed by atoms with E-state index >= 15 is 0 Å². The fourth-order valence-electron chi connectivity index (χ4n) is 3.76. The summed E-state index contributed by atoms with van der Waals surface area (Å²) in [6.45, 7) is -0.700. The second-order valence-corrected chi connectivity index (χ2v) is 10.5. The Morgan fingerprint density at radius 3 is 2.28 bits per heavy atom. The topological polar surface area (TPSA) is 267 Å². The van der Waals surface area contributed by atoms with E-state index in [1.54, 1.807) is 0 Å². The van der Waals surface area contributed by atoms with Gasteiger partial charge in [-0.15, -0.1) is 0 Å². The van der Waals surface area contributed by atoms with Gasteiger partial charge in [-0.3, -0.25) is 24.0 Å². The van der Waals surface area contributed by atoms with Gasteiger partial charge < -0.3 is 35.4 Å². The average Bonchev–Trinajstić information content (AvgIpc) is 3.13. The quantitative estimate of drug-likeness (QED) is 0.0844. The minimum Gasteiger partial charge on any atom is -0.395 e. The molecule has 0 aromatic rings. The van der Waals surface area contributed by atoms with Crippen molar-refractivity contribution in [3.8, 4) is 0 Å². The van der Waals surface area contributed by atoms with Crippen LogP contribution in [0.3, 0.4) is 0 Å². The van der Waals surface area contributed by atoms with Gasteiger partial charge in [-0.05, 0) is 6.42 Å². The first-order valence-electron chi connectivity index (χ1n) is 10.3. The molecule has 1 radical (unpaired) electrons. The standard InChI is InChI=1S/C16H29N3O14S2.Na/c1-7(22)18-12-13(23)14(33-35(28,29)30)11(6-21)32-16(12)31-10-4-8(19-9(10)5-20)15(24)17-2-3-34(25,26)27;/h8-14,16,19-21,23H,2-6H2,1H3,(H,17,24)(H,18,22)(H,25,26,27)(H,28,29,30);. The van der Waals surface area contributed by atoms with Crippen LogP contribution in [0.1, 0.15) is 13.3 Å². The third kappa shape index (κ3) is 9.98. The van der Waals surface area contributed by atoms with Crippen molar-refractivity contribution in [2.75, 3.05) is 25.5 Å². The second-order valence-electron chi connectivity index (χ2n) is 7.93. The van der Waals surface area contributed by atoms with Crippen molar-refractivity contribution in [1.29, 1.82) is 0 Å². The Hall–Kier alpha value is -0.520. The van der Waals surface area contributed by atoms with Crippen LogP contribution in [-0.2, 0) is 43.8 Å². The minimum absolute atomic E-state index is 0. The summed E-state index contributed by atoms with van der Waals surface area (Å²) in [5.41, 5.74) is 0. The van der Waals surface area contributed by atoms with E-state index in [0.29, 0.717) is 0 Å². The van der Waals surface area contributed by atoms with Crippen molar-refractivity contribution in [3.05, 3.63) is 0 Å². The van der Waals surface area contributed by atoms with E-state index in [2.05, 4.69) is 20.1 Å². The van der Waals surface area contributed by atoms with E-state index in [9.17, 15) is 41.7 Å². The van der Waals surface area contributed by atoms with Crippen molar-refractivity contribution in [3.63, 3.8) is 0 Å². The molecule has 0 spiro atoms. The third-order valence-electron chi connectivity index (χ3n) is 5.27. The van der Waals surface area contributed by atoms with Crippen LogP contribution in [0.5, 0.6) is 0 Å². The number of hydrogen-bond acceptors (Lipinski definition) is 13. The van der Waals surface area contributed by atoms with Crippen LogP contribution in [0, 0.1) is 0 Å². The van der Waals surface area contributed by atoms with Gasteiger partial charge >= 0.3 is 10.4 Å². The maximum atomic E-state index is 12.3. The zero-order chi connectivity index (χ0) is 26.6. The van der Waals surface area contributed by atoms with E-state index in [1.165, 1.54) is 0 Å². The Morgan fingerprint density at radius 1 is 1.14 bits per heavy atom. The molecule has 0 aromatic heterocycles. The Labute approximate surface area is 229 Å². The van der Waals surface area contributed by atoms with Gasteiger partial charge in [-0.1, -0.05) is 0 Å². The predicted octanol–water partition coefficient (Wildman–Crippen LogP) is -5.51. The van der Waals surface area contributed by atoms with Crippen LogP contribution >= 0.6 is 0 Å². The molecule has 20 heteroatoms. The van der Waals surface area contributed by atoms with Gasteiger partial charge in [0.2, 0.25) is 11.8 Å². The monoisotopic (exact) mass is 574 g/mol. The van der Waals surface area contributed by atoms with Crippen molar-refractivity contribution in [2.24, 2.45) is 0 Å². The number of rotatable bonds is 11. The van der Waals surface area contributed by atoms with Gasteiger partial charge in [0.05, 0.1) is 37.2 Å². The first-order chi connectivity index (χ1) is 16.1. The number of carbonyl (C=O) groups is 2. The number of aliphatic hydroxyl groups is 3. The Bertz CT molecular complexity index is 967. The van der Waals surface area contributed by atoms with Gasteiger partial charge in [0.25, 0.3) is 10.1 Å². The van der Waals surface area contributed by atoms with Gasteiger partial charge in [0.1, 0.15) is 24.4 Å². The van der Waals surface area contributed by atoms with Crippen LogP contribution in [-0.4, -0.2) is 157 Å². The number of ether oxygens (including phenoxy) is 2. The van der Waals surface area contributed by atoms with E-state index in [1.807, 2.05) is 0 Å². The molecule has 0 aliphatic carbocycles. The summed E-state index contributed by atoms with van der Waals surface area (Å²) >= 11 is 0. The Morgan fingerprint density at radius 2 is 1.78 bits per heavy atom. The first-order valence-corrected chi connectivity index (χ1v) is 13.2. The second kappa shape index (κ2) is 14.0. The third-order valence-corrected chi connectivity index (χ3v) is 6.45. The fraction of sp³-hybridized carbons (Fsp3) is 0.875. The molecule has 2 rings (SSSR count). The molecule has 2 aliphatic rings. The summed E-state index contributed by atoms with van der Waals surface area (Å²) in [4.78, 5) is 24.0. The normalized spacial score (nSPS) is 32.9. The molecule has 0 saturated carbocycles. The number of carbonyl (C=O) groups excluding carboxylic acids is 2. The zero-order valence-corrected chi connectivity index (χ0v) is 23.0. The van der Waals surface area contributed by atoms with E-state index in [-0.39, 0.29) is 42.5 Å². The molecule has 0 aromatic carbocycles. The molecule has 2 saturated heterocycles. The largest absolute Gasteiger partial charge is 0.397 e. The SMILES string of the molecule is CC(=O)NC1C(OC2CC(C(=O)NCCS(=O)(=O)O)NC2CO)OC(CO)C(OS(=O)(=O)O)C1O.[Na]. The van der Waals surface area contributed by atoms with Crippen molar-refractivity contribution < 1.29 is 64.5 Å². The van der Waals surface area contributed by atoms with E-state index in [4.69, 9.17) is 18.6 Å². The van der Waals surface area contributed by atoms with Crippen LogP contribution in [0.4, 0.5) is 0 Å². The van der Waals surface area contributed by atoms with Gasteiger partial charge in [-0.2, -0.15) is 16.8 Å². The Kier molecular flexibility index (Phi) is 13.1. The maximum absolute atomic E-state index is 12.3. The summed E-state index contributed by atoms with van der Waals surface area (Å²) in [5.74, 6) is -2.05. The molecule has 2 amide bonds. The predicted molar refractivity (Wildman–Crippen MR) is 118 cm³/mol. The molecule has 0 bridgehead atoms. The van der Waals surface area contributed by atoms with Crippen LogP contribution in [0.15, 0.2) is 0 Å². The van der Waals surface area contributed by atoms with E-state index in [0.717, 1.165) is 6.92 Å². The first kappa shape index (κ1) is 33.5. The molecular weight excluding hydrogens is 545 g/mol. The number of amides is 2. The van der Waals surface area contributed by atoms with Gasteiger partial charge in [0, 0.05) is 43.0 Å². The molecule has 17 nitrogen and oxygen atoms in total. The number of nitrogens with one attached hydrogen (secondary N) is 3. The molecular formula is C16H29N3NaO14S2. The number of hydrogen-bond donors (Lipinski definition) is 8. The van der Waals surface area contributed by atoms with Gasteiger partial charge in [-0.25, -0.2) is 4.18 Å². The zero-order valence-electron chi connectivity index (χ0n) is 19.4. The maximum Gasteiger partial charge on any atom is 0.397 e. The Balaban J connectivity index is 0.00000648. The van der Waals surface area contributed by atoms with Crippen LogP contribution < -0.4 is 16.0 Å². The van der Waals surface area contributed by atoms with Crippen molar-refractivity contribution in [2.45, 2.75) is 62.2 Å². The summed E-state index contributed by atoms with van der Waals surface area (Å²) < 4.78 is 77.3. The summed E-state index contributed by atoms with van der Waals surface area (Å²) in [6.07, 6.45) is -7.76. The fourth-order valence-corrected chi connectivity index (χ4v) is 4.64. The molecule has 2 fully saturated rings. The minimum atomic E-state index is -5.08. The molecule has 2 aliphatic heterocycles. The van der Waals surface area contributed by atoms with Crippen LogP contribution in [0.2, 0.25) is 0 Å². The van der Waals surface area contributed by atoms with Crippen molar-refractivity contribution in [1.82, 2.24) is 16.0 Å². The smallest absolute Gasteiger partial charge is 0.395 e. The molecule has 8 atom stereocenters. The molecule has 36 heavy (non-hydrogen) atoms. The molecule has 8 unspecified atom stereocenters. The summed E-state index contributed by atoms with van der Waals surface area (Å²) in [6, 6.07) is -3.27.